The van der Waals surface area contributed by atoms with Gasteiger partial charge in [0, 0.05) is 0 Å². The van der Waals surface area contributed by atoms with E-state index in [-0.39, 0.29) is 39.7 Å². The molecule has 0 heterocycles. The van der Waals surface area contributed by atoms with Crippen molar-refractivity contribution >= 4 is 42.5 Å². The first-order valence-corrected chi connectivity index (χ1v) is 12.9. The molecule has 158 valence electrons. The Kier molecular flexibility index (Phi) is 15.4. The van der Waals surface area contributed by atoms with E-state index < -0.39 is 0 Å². The van der Waals surface area contributed by atoms with Crippen molar-refractivity contribution < 1.29 is 23.3 Å². The molecule has 0 N–H and O–H groups in total. The van der Waals surface area contributed by atoms with Gasteiger partial charge < -0.3 is 14.9 Å². The maximum atomic E-state index is 3.30. The molecule has 0 spiro atoms. The van der Waals surface area contributed by atoms with Gasteiger partial charge in [0.1, 0.15) is 0 Å². The third-order valence-corrected chi connectivity index (χ3v) is 4.94. The molecule has 0 aromatic heterocycles. The number of hydrogen-bond acceptors (Lipinski definition) is 0. The Labute approximate surface area is 211 Å². The first kappa shape index (κ1) is 31.1. The molecule has 0 amide bonds. The van der Waals surface area contributed by atoms with Crippen LogP contribution >= 0.6 is 24.8 Å². The van der Waals surface area contributed by atoms with Crippen LogP contribution in [0.3, 0.4) is 0 Å². The molecule has 4 aromatic carbocycles. The zero-order valence-electron chi connectivity index (χ0n) is 18.0. The van der Waals surface area contributed by atoms with Gasteiger partial charge in [0.05, 0.1) is 0 Å². The van der Waals surface area contributed by atoms with Gasteiger partial charge in [0.25, 0.3) is 0 Å². The second-order valence-corrected chi connectivity index (χ2v) is 6.44. The molecule has 0 atom stereocenters. The van der Waals surface area contributed by atoms with Crippen LogP contribution in [0, 0.1) is 34.8 Å². The predicted molar refractivity (Wildman–Crippen MR) is 136 cm³/mol. The molecule has 0 saturated heterocycles. The number of aryl methyl sites for hydroxylation is 2. The summed E-state index contributed by atoms with van der Waals surface area (Å²) in [7, 11) is 0. The van der Waals surface area contributed by atoms with Gasteiger partial charge >= 0.3 is 30.2 Å². The average molecular weight is 531 g/mol. The fraction of sp³-hybridized carbons (Fsp3) is 0.115. The summed E-state index contributed by atoms with van der Waals surface area (Å²) in [5, 5.41) is 2.76. The average Bonchev–Trinajstić information content (AvgIpc) is 3.22. The van der Waals surface area contributed by atoms with Crippen molar-refractivity contribution in [1.82, 2.24) is 0 Å². The molecule has 4 aromatic rings. The van der Waals surface area contributed by atoms with Gasteiger partial charge in [-0.1, -0.05) is 55.3 Å². The van der Waals surface area contributed by atoms with Crippen molar-refractivity contribution in [2.24, 2.45) is 0 Å². The molecule has 4 heteroatoms. The van der Waals surface area contributed by atoms with Gasteiger partial charge in [-0.15, -0.1) is 71.0 Å². The summed E-state index contributed by atoms with van der Waals surface area (Å²) in [4.78, 5) is 0. The zero-order chi connectivity index (χ0) is 18.5. The van der Waals surface area contributed by atoms with E-state index in [1.807, 2.05) is 6.07 Å². The maximum Gasteiger partial charge on any atom is -0.0253 e. The summed E-state index contributed by atoms with van der Waals surface area (Å²) < 4.78 is 0. The molecule has 30 heavy (non-hydrogen) atoms. The molecule has 0 fully saturated rings. The van der Waals surface area contributed by atoms with Gasteiger partial charge in [0.15, 0.2) is 0 Å². The SMILES string of the molecule is Cc1[cH-]c2ccccc2c1C.Cl.Cl.[CH3-].[CH3-].[Si]=[Zr].[c-]1cccc2c1Cc1ccccc1-2. The molecule has 0 saturated carbocycles. The first-order valence-electron chi connectivity index (χ1n) is 8.68. The van der Waals surface area contributed by atoms with Crippen LogP contribution in [0.2, 0.25) is 0 Å². The molecule has 0 bridgehead atoms. The zero-order valence-corrected chi connectivity index (χ0v) is 23.0. The van der Waals surface area contributed by atoms with E-state index in [0.717, 1.165) is 6.42 Å². The van der Waals surface area contributed by atoms with E-state index in [2.05, 4.69) is 93.5 Å². The fourth-order valence-electron chi connectivity index (χ4n) is 3.52. The molecular weight excluding hydrogens is 503 g/mol. The van der Waals surface area contributed by atoms with Crippen LogP contribution in [0.5, 0.6) is 0 Å². The third-order valence-electron chi connectivity index (χ3n) is 4.94. The van der Waals surface area contributed by atoms with Crippen molar-refractivity contribution in [2.75, 3.05) is 0 Å². The second kappa shape index (κ2) is 14.9. The van der Waals surface area contributed by atoms with Gasteiger partial charge in [-0.05, 0) is 6.42 Å². The summed E-state index contributed by atoms with van der Waals surface area (Å²) in [6.07, 6.45) is 1.05. The van der Waals surface area contributed by atoms with E-state index in [9.17, 15) is 0 Å². The van der Waals surface area contributed by atoms with E-state index in [1.165, 1.54) is 67.5 Å². The summed E-state index contributed by atoms with van der Waals surface area (Å²) in [6, 6.07) is 28.9. The Hall–Kier alpha value is -1.05. The molecular formula is C26H28Cl2SiZr-4. The second-order valence-electron chi connectivity index (χ2n) is 6.44. The number of fused-ring (bicyclic) bond motifs is 4. The Morgan fingerprint density at radius 3 is 2.13 bits per heavy atom. The van der Waals surface area contributed by atoms with Crippen LogP contribution in [0.1, 0.15) is 22.3 Å². The number of hydrogen-bond donors (Lipinski definition) is 0. The third kappa shape index (κ3) is 6.72. The van der Waals surface area contributed by atoms with Crippen molar-refractivity contribution in [2.45, 2.75) is 20.3 Å². The minimum atomic E-state index is 0. The molecule has 5 rings (SSSR count). The van der Waals surface area contributed by atoms with Crippen LogP contribution in [0.15, 0.2) is 72.8 Å². The van der Waals surface area contributed by atoms with Gasteiger partial charge in [-0.2, -0.15) is 35.4 Å². The van der Waals surface area contributed by atoms with Crippen molar-refractivity contribution in [1.29, 1.82) is 0 Å². The first-order chi connectivity index (χ1) is 12.7. The number of halogens is 2. The van der Waals surface area contributed by atoms with Crippen molar-refractivity contribution in [3.8, 4) is 11.1 Å². The van der Waals surface area contributed by atoms with Crippen LogP contribution in [0.4, 0.5) is 0 Å². The number of rotatable bonds is 0. The minimum Gasteiger partial charge on any atom is -0.179 e. The van der Waals surface area contributed by atoms with E-state index in [4.69, 9.17) is 0 Å². The maximum absolute atomic E-state index is 3.30. The van der Waals surface area contributed by atoms with Crippen LogP contribution in [0.25, 0.3) is 21.9 Å². The van der Waals surface area contributed by atoms with Crippen LogP contribution in [-0.4, -0.2) is 6.88 Å². The normalized spacial score (nSPS) is 9.37. The largest absolute Gasteiger partial charge is 0.179 e. The summed E-state index contributed by atoms with van der Waals surface area (Å²) >= 11 is 1.36. The van der Waals surface area contributed by atoms with E-state index in [0.29, 0.717) is 0 Å². The van der Waals surface area contributed by atoms with E-state index >= 15 is 0 Å². The smallest absolute Gasteiger partial charge is 0.0253 e. The van der Waals surface area contributed by atoms with Gasteiger partial charge in [-0.25, -0.2) is 0 Å². The topological polar surface area (TPSA) is 0 Å². The Balaban J connectivity index is 0. The van der Waals surface area contributed by atoms with Gasteiger partial charge in [-0.3, -0.25) is 0 Å². The molecule has 1 aliphatic carbocycles. The molecule has 2 radical (unpaired) electrons. The predicted octanol–water partition coefficient (Wildman–Crippen LogP) is 7.59. The molecule has 0 unspecified atom stereocenters. The number of benzene rings is 3. The standard InChI is InChI=1S/C13H9.C11H11.2CH3.2ClH.Si.Zr/c1-3-7-12-10(5-1)9-11-6-2-4-8-13(11)12;1-8-7-10-5-3-4-6-11(10)9(8)2;;;;;;/h1-5,7-8H,9H2;3-7H,1-2H3;2*1H3;2*1H;;/q4*-1;;;;. The quantitative estimate of drug-likeness (QED) is 0.143. The summed E-state index contributed by atoms with van der Waals surface area (Å²) in [6.45, 7) is 7.40. The van der Waals surface area contributed by atoms with Crippen LogP contribution < -0.4 is 0 Å². The van der Waals surface area contributed by atoms with Crippen LogP contribution in [-0.2, 0) is 29.8 Å². The monoisotopic (exact) mass is 528 g/mol. The fourth-order valence-corrected chi connectivity index (χ4v) is 3.52. The Morgan fingerprint density at radius 1 is 0.833 bits per heavy atom. The molecule has 0 nitrogen and oxygen atoms in total. The summed E-state index contributed by atoms with van der Waals surface area (Å²) in [5.74, 6) is 0. The Bertz CT molecular complexity index is 997. The Morgan fingerprint density at radius 2 is 1.43 bits per heavy atom. The molecule has 1 aliphatic rings. The molecule has 0 aliphatic heterocycles. The van der Waals surface area contributed by atoms with Crippen molar-refractivity contribution in [3.05, 3.63) is 116 Å². The van der Waals surface area contributed by atoms with Gasteiger partial charge in [0.2, 0.25) is 0 Å². The minimum absolute atomic E-state index is 0. The summed E-state index contributed by atoms with van der Waals surface area (Å²) in [5.41, 5.74) is 8.32. The van der Waals surface area contributed by atoms with Crippen molar-refractivity contribution in [3.63, 3.8) is 0 Å². The van der Waals surface area contributed by atoms with E-state index in [1.54, 1.807) is 0 Å².